The third kappa shape index (κ3) is 10.3. The predicted octanol–water partition coefficient (Wildman–Crippen LogP) is 1.05. The van der Waals surface area contributed by atoms with Gasteiger partial charge in [-0.05, 0) is 27.9 Å². The van der Waals surface area contributed by atoms with E-state index in [9.17, 15) is 5.11 Å². The summed E-state index contributed by atoms with van der Waals surface area (Å²) >= 11 is 1.80. The second-order valence-electron chi connectivity index (χ2n) is 3.67. The van der Waals surface area contributed by atoms with Crippen molar-refractivity contribution in [1.82, 2.24) is 4.90 Å². The Bertz CT molecular complexity index is 98.8. The van der Waals surface area contributed by atoms with E-state index in [1.807, 2.05) is 13.8 Å². The lowest BCUT2D eigenvalue weighted by Gasteiger charge is -2.16. The summed E-state index contributed by atoms with van der Waals surface area (Å²) in [6.07, 6.45) is 0. The maximum absolute atomic E-state index is 9.35. The molecule has 0 saturated heterocycles. The van der Waals surface area contributed by atoms with Crippen LogP contribution in [0, 0.1) is 0 Å². The molecule has 0 aliphatic rings. The second-order valence-corrected chi connectivity index (χ2v) is 4.77. The molecule has 0 aromatic rings. The first-order valence-electron chi connectivity index (χ1n) is 3.87. The number of hydrogen-bond acceptors (Lipinski definition) is 3. The lowest BCUT2D eigenvalue weighted by molar-refractivity contribution is 0.107. The predicted molar refractivity (Wildman–Crippen MR) is 52.2 cm³/mol. The second kappa shape index (κ2) is 5.01. The Kier molecular flexibility index (Phi) is 5.13. The summed E-state index contributed by atoms with van der Waals surface area (Å²) < 4.78 is 0. The number of aliphatic hydroxyl groups is 1. The smallest absolute Gasteiger partial charge is 0.0681 e. The molecular weight excluding hydrogens is 158 g/mol. The minimum Gasteiger partial charge on any atom is -0.390 e. The van der Waals surface area contributed by atoms with Crippen LogP contribution in [0.3, 0.4) is 0 Å². The first-order chi connectivity index (χ1) is 4.92. The van der Waals surface area contributed by atoms with Gasteiger partial charge in [0.2, 0.25) is 0 Å². The number of thioether (sulfide) groups is 1. The fourth-order valence-corrected chi connectivity index (χ4v) is 1.71. The zero-order valence-corrected chi connectivity index (χ0v) is 8.74. The maximum Gasteiger partial charge on any atom is 0.0681 e. The Morgan fingerprint density at radius 3 is 2.27 bits per heavy atom. The highest BCUT2D eigenvalue weighted by Gasteiger charge is 2.11. The van der Waals surface area contributed by atoms with Crippen molar-refractivity contribution < 1.29 is 5.11 Å². The minimum atomic E-state index is -0.517. The van der Waals surface area contributed by atoms with Crippen LogP contribution in [-0.4, -0.2) is 47.8 Å². The van der Waals surface area contributed by atoms with Gasteiger partial charge >= 0.3 is 0 Å². The quantitative estimate of drug-likeness (QED) is 0.635. The van der Waals surface area contributed by atoms with Crippen LogP contribution in [0.25, 0.3) is 0 Å². The van der Waals surface area contributed by atoms with Crippen LogP contribution in [-0.2, 0) is 0 Å². The molecule has 0 aromatic carbocycles. The van der Waals surface area contributed by atoms with Crippen LogP contribution in [0.4, 0.5) is 0 Å². The van der Waals surface area contributed by atoms with Crippen molar-refractivity contribution >= 4 is 11.8 Å². The Morgan fingerprint density at radius 2 is 1.91 bits per heavy atom. The van der Waals surface area contributed by atoms with Gasteiger partial charge in [0.1, 0.15) is 0 Å². The van der Waals surface area contributed by atoms with Crippen molar-refractivity contribution in [2.24, 2.45) is 0 Å². The Labute approximate surface area is 74.0 Å². The molecule has 2 nitrogen and oxygen atoms in total. The van der Waals surface area contributed by atoms with Crippen molar-refractivity contribution in [1.29, 1.82) is 0 Å². The Morgan fingerprint density at radius 1 is 1.36 bits per heavy atom. The van der Waals surface area contributed by atoms with E-state index in [0.717, 1.165) is 18.1 Å². The first kappa shape index (κ1) is 11.3. The zero-order valence-electron chi connectivity index (χ0n) is 7.92. The molecule has 0 rings (SSSR count). The summed E-state index contributed by atoms with van der Waals surface area (Å²) in [6, 6.07) is 0. The fourth-order valence-electron chi connectivity index (χ4n) is 0.569. The third-order valence-corrected chi connectivity index (χ3v) is 2.52. The Hall–Kier alpha value is 0.270. The van der Waals surface area contributed by atoms with Gasteiger partial charge in [0.15, 0.2) is 0 Å². The molecule has 0 spiro atoms. The van der Waals surface area contributed by atoms with Gasteiger partial charge < -0.3 is 10.0 Å². The molecule has 1 N–H and O–H groups in total. The monoisotopic (exact) mass is 177 g/mol. The van der Waals surface area contributed by atoms with Crippen molar-refractivity contribution in [3.05, 3.63) is 0 Å². The highest BCUT2D eigenvalue weighted by Crippen LogP contribution is 2.11. The molecule has 0 saturated carbocycles. The van der Waals surface area contributed by atoms with E-state index in [0.29, 0.717) is 0 Å². The van der Waals surface area contributed by atoms with Crippen molar-refractivity contribution in [2.75, 3.05) is 32.1 Å². The van der Waals surface area contributed by atoms with E-state index in [-0.39, 0.29) is 0 Å². The molecule has 0 unspecified atom stereocenters. The van der Waals surface area contributed by atoms with Crippen LogP contribution < -0.4 is 0 Å². The van der Waals surface area contributed by atoms with Crippen LogP contribution in [0.2, 0.25) is 0 Å². The van der Waals surface area contributed by atoms with E-state index < -0.39 is 5.60 Å². The van der Waals surface area contributed by atoms with Gasteiger partial charge in [-0.25, -0.2) is 0 Å². The van der Waals surface area contributed by atoms with Gasteiger partial charge in [-0.15, -0.1) is 0 Å². The molecule has 0 atom stereocenters. The summed E-state index contributed by atoms with van der Waals surface area (Å²) in [4.78, 5) is 2.15. The average Bonchev–Trinajstić information content (AvgIpc) is 1.78. The largest absolute Gasteiger partial charge is 0.390 e. The van der Waals surface area contributed by atoms with Gasteiger partial charge in [-0.2, -0.15) is 11.8 Å². The molecule has 0 fully saturated rings. The molecule has 68 valence electrons. The van der Waals surface area contributed by atoms with Gasteiger partial charge in [-0.1, -0.05) is 0 Å². The molecule has 0 aromatic heterocycles. The van der Waals surface area contributed by atoms with Crippen LogP contribution in [0.1, 0.15) is 13.8 Å². The standard InChI is InChI=1S/C8H19NOS/c1-8(2,10)7-11-6-5-9(3)4/h10H,5-7H2,1-4H3. The Balaban J connectivity index is 3.15. The van der Waals surface area contributed by atoms with E-state index in [4.69, 9.17) is 0 Å². The number of nitrogens with zero attached hydrogens (tertiary/aromatic N) is 1. The van der Waals surface area contributed by atoms with Gasteiger partial charge in [0.05, 0.1) is 5.60 Å². The summed E-state index contributed by atoms with van der Waals surface area (Å²) in [5.41, 5.74) is -0.517. The topological polar surface area (TPSA) is 23.5 Å². The molecule has 0 aliphatic carbocycles. The maximum atomic E-state index is 9.35. The molecule has 11 heavy (non-hydrogen) atoms. The van der Waals surface area contributed by atoms with Crippen LogP contribution >= 0.6 is 11.8 Å². The number of rotatable bonds is 5. The summed E-state index contributed by atoms with van der Waals surface area (Å²) in [5, 5.41) is 9.35. The molecular formula is C8H19NOS. The van der Waals surface area contributed by atoms with Gasteiger partial charge in [0.25, 0.3) is 0 Å². The molecule has 0 aliphatic heterocycles. The van der Waals surface area contributed by atoms with Crippen LogP contribution in [0.5, 0.6) is 0 Å². The van der Waals surface area contributed by atoms with E-state index in [2.05, 4.69) is 19.0 Å². The van der Waals surface area contributed by atoms with E-state index in [1.54, 1.807) is 11.8 Å². The summed E-state index contributed by atoms with van der Waals surface area (Å²) in [6.45, 7) is 4.77. The minimum absolute atomic E-state index is 0.517. The summed E-state index contributed by atoms with van der Waals surface area (Å²) in [7, 11) is 4.12. The van der Waals surface area contributed by atoms with E-state index in [1.165, 1.54) is 0 Å². The first-order valence-corrected chi connectivity index (χ1v) is 5.02. The normalized spacial score (nSPS) is 12.5. The van der Waals surface area contributed by atoms with Crippen molar-refractivity contribution in [3.8, 4) is 0 Å². The SMILES string of the molecule is CN(C)CCSCC(C)(C)O. The molecule has 0 amide bonds. The zero-order chi connectivity index (χ0) is 8.91. The number of hydrogen-bond donors (Lipinski definition) is 1. The van der Waals surface area contributed by atoms with E-state index >= 15 is 0 Å². The lowest BCUT2D eigenvalue weighted by Crippen LogP contribution is -2.23. The highest BCUT2D eigenvalue weighted by atomic mass is 32.2. The van der Waals surface area contributed by atoms with Crippen molar-refractivity contribution in [3.63, 3.8) is 0 Å². The summed E-state index contributed by atoms with van der Waals surface area (Å²) in [5.74, 6) is 1.91. The van der Waals surface area contributed by atoms with Gasteiger partial charge in [-0.3, -0.25) is 0 Å². The molecule has 0 bridgehead atoms. The van der Waals surface area contributed by atoms with Crippen LogP contribution in [0.15, 0.2) is 0 Å². The molecule has 0 heterocycles. The third-order valence-electron chi connectivity index (χ3n) is 1.14. The van der Waals surface area contributed by atoms with Gasteiger partial charge in [0, 0.05) is 18.1 Å². The molecule has 3 heteroatoms. The van der Waals surface area contributed by atoms with Crippen molar-refractivity contribution in [2.45, 2.75) is 19.4 Å². The fraction of sp³-hybridized carbons (Fsp3) is 1.00. The highest BCUT2D eigenvalue weighted by molar-refractivity contribution is 7.99. The average molecular weight is 177 g/mol. The molecule has 0 radical (unpaired) electrons. The lowest BCUT2D eigenvalue weighted by atomic mass is 10.2.